The summed E-state index contributed by atoms with van der Waals surface area (Å²) in [4.78, 5) is 8.53. The van der Waals surface area contributed by atoms with Crippen molar-refractivity contribution in [2.75, 3.05) is 18.5 Å². The summed E-state index contributed by atoms with van der Waals surface area (Å²) >= 11 is 0. The van der Waals surface area contributed by atoms with Gasteiger partial charge in [0.25, 0.3) is 0 Å². The maximum atomic E-state index is 9.02. The SMILES string of the molecule is C[C@@H](Nc1ncnc2c1cnn2CCO)[C@@H]1CCCO1. The normalized spacial score (nSPS) is 20.4. The van der Waals surface area contributed by atoms with Crippen LogP contribution in [0.3, 0.4) is 0 Å². The smallest absolute Gasteiger partial charge is 0.163 e. The first-order chi connectivity index (χ1) is 9.79. The monoisotopic (exact) mass is 277 g/mol. The minimum absolute atomic E-state index is 0.0376. The van der Waals surface area contributed by atoms with E-state index in [-0.39, 0.29) is 18.8 Å². The van der Waals surface area contributed by atoms with Gasteiger partial charge in [-0.1, -0.05) is 0 Å². The number of fused-ring (bicyclic) bond motifs is 1. The molecule has 1 saturated heterocycles. The molecule has 7 nitrogen and oxygen atoms in total. The molecule has 0 unspecified atom stereocenters. The van der Waals surface area contributed by atoms with E-state index in [9.17, 15) is 0 Å². The predicted octanol–water partition coefficient (Wildman–Crippen LogP) is 0.798. The average molecular weight is 277 g/mol. The fourth-order valence-electron chi connectivity index (χ4n) is 2.57. The molecule has 2 aromatic rings. The van der Waals surface area contributed by atoms with E-state index in [1.165, 1.54) is 6.33 Å². The molecule has 2 N–H and O–H groups in total. The van der Waals surface area contributed by atoms with E-state index < -0.39 is 0 Å². The van der Waals surface area contributed by atoms with Gasteiger partial charge >= 0.3 is 0 Å². The molecule has 0 radical (unpaired) electrons. The van der Waals surface area contributed by atoms with Crippen LogP contribution in [0.1, 0.15) is 19.8 Å². The van der Waals surface area contributed by atoms with Crippen molar-refractivity contribution in [1.82, 2.24) is 19.7 Å². The number of nitrogens with zero attached hydrogens (tertiary/aromatic N) is 4. The fraction of sp³-hybridized carbons (Fsp3) is 0.615. The third-order valence-electron chi connectivity index (χ3n) is 3.63. The highest BCUT2D eigenvalue weighted by Crippen LogP contribution is 2.22. The molecule has 2 aromatic heterocycles. The summed E-state index contributed by atoms with van der Waals surface area (Å²) in [5.74, 6) is 0.766. The van der Waals surface area contributed by atoms with Gasteiger partial charge in [0.1, 0.15) is 12.1 Å². The summed E-state index contributed by atoms with van der Waals surface area (Å²) < 4.78 is 7.36. The van der Waals surface area contributed by atoms with E-state index in [1.54, 1.807) is 10.9 Å². The molecule has 0 bridgehead atoms. The Morgan fingerprint density at radius 2 is 2.45 bits per heavy atom. The quantitative estimate of drug-likeness (QED) is 0.841. The van der Waals surface area contributed by atoms with Gasteiger partial charge in [0.05, 0.1) is 36.9 Å². The van der Waals surface area contributed by atoms with Crippen LogP contribution in [-0.2, 0) is 11.3 Å². The number of ether oxygens (including phenoxy) is 1. The summed E-state index contributed by atoms with van der Waals surface area (Å²) in [6.45, 7) is 3.41. The van der Waals surface area contributed by atoms with E-state index in [0.29, 0.717) is 6.54 Å². The first-order valence-electron chi connectivity index (χ1n) is 6.95. The van der Waals surface area contributed by atoms with Crippen molar-refractivity contribution in [1.29, 1.82) is 0 Å². The Labute approximate surface area is 117 Å². The molecule has 0 aliphatic carbocycles. The van der Waals surface area contributed by atoms with Gasteiger partial charge in [-0.15, -0.1) is 0 Å². The molecule has 2 atom stereocenters. The Bertz CT molecular complexity index is 579. The molecule has 7 heteroatoms. The topological polar surface area (TPSA) is 85.1 Å². The lowest BCUT2D eigenvalue weighted by Crippen LogP contribution is -2.30. The highest BCUT2D eigenvalue weighted by atomic mass is 16.5. The molecule has 3 heterocycles. The zero-order valence-electron chi connectivity index (χ0n) is 11.5. The molecule has 1 aliphatic rings. The summed E-state index contributed by atoms with van der Waals surface area (Å²) in [5.41, 5.74) is 0.732. The third-order valence-corrected chi connectivity index (χ3v) is 3.63. The Morgan fingerprint density at radius 3 is 3.20 bits per heavy atom. The van der Waals surface area contributed by atoms with Crippen molar-refractivity contribution < 1.29 is 9.84 Å². The van der Waals surface area contributed by atoms with E-state index in [0.717, 1.165) is 36.3 Å². The largest absolute Gasteiger partial charge is 0.394 e. The highest BCUT2D eigenvalue weighted by Gasteiger charge is 2.23. The Hall–Kier alpha value is -1.73. The molecular weight excluding hydrogens is 258 g/mol. The van der Waals surface area contributed by atoms with Crippen LogP contribution in [-0.4, -0.2) is 50.2 Å². The third kappa shape index (κ3) is 2.46. The predicted molar refractivity (Wildman–Crippen MR) is 74.5 cm³/mol. The van der Waals surface area contributed by atoms with Crippen molar-refractivity contribution >= 4 is 16.9 Å². The van der Waals surface area contributed by atoms with Crippen molar-refractivity contribution in [3.8, 4) is 0 Å². The van der Waals surface area contributed by atoms with E-state index in [1.807, 2.05) is 0 Å². The number of rotatable bonds is 5. The van der Waals surface area contributed by atoms with Gasteiger partial charge in [-0.2, -0.15) is 5.10 Å². The van der Waals surface area contributed by atoms with Crippen molar-refractivity contribution in [3.05, 3.63) is 12.5 Å². The Balaban J connectivity index is 1.84. The molecule has 0 spiro atoms. The van der Waals surface area contributed by atoms with Crippen LogP contribution >= 0.6 is 0 Å². The molecule has 20 heavy (non-hydrogen) atoms. The number of hydrogen-bond donors (Lipinski definition) is 2. The highest BCUT2D eigenvalue weighted by molar-refractivity contribution is 5.86. The zero-order valence-corrected chi connectivity index (χ0v) is 11.5. The molecule has 0 saturated carbocycles. The number of aliphatic hydroxyl groups is 1. The van der Waals surface area contributed by atoms with Gasteiger partial charge in [0.2, 0.25) is 0 Å². The van der Waals surface area contributed by atoms with Crippen LogP contribution in [0.5, 0.6) is 0 Å². The number of aromatic nitrogens is 4. The van der Waals surface area contributed by atoms with Gasteiger partial charge in [-0.3, -0.25) is 0 Å². The Morgan fingerprint density at radius 1 is 1.55 bits per heavy atom. The molecule has 108 valence electrons. The second-order valence-electron chi connectivity index (χ2n) is 5.04. The van der Waals surface area contributed by atoms with E-state index in [2.05, 4.69) is 27.3 Å². The summed E-state index contributed by atoms with van der Waals surface area (Å²) in [6.07, 6.45) is 5.67. The molecule has 1 fully saturated rings. The van der Waals surface area contributed by atoms with Crippen LogP contribution in [0.15, 0.2) is 12.5 Å². The Kier molecular flexibility index (Phi) is 3.79. The minimum atomic E-state index is 0.0376. The van der Waals surface area contributed by atoms with Crippen LogP contribution in [0.25, 0.3) is 11.0 Å². The maximum Gasteiger partial charge on any atom is 0.163 e. The van der Waals surface area contributed by atoms with Crippen molar-refractivity contribution in [2.24, 2.45) is 0 Å². The summed E-state index contributed by atoms with van der Waals surface area (Å²) in [7, 11) is 0. The number of hydrogen-bond acceptors (Lipinski definition) is 6. The lowest BCUT2D eigenvalue weighted by atomic mass is 10.1. The molecule has 1 aliphatic heterocycles. The van der Waals surface area contributed by atoms with E-state index >= 15 is 0 Å². The van der Waals surface area contributed by atoms with Crippen LogP contribution < -0.4 is 5.32 Å². The van der Waals surface area contributed by atoms with Gasteiger partial charge in [-0.25, -0.2) is 14.6 Å². The van der Waals surface area contributed by atoms with Gasteiger partial charge in [0.15, 0.2) is 5.65 Å². The number of aliphatic hydroxyl groups excluding tert-OH is 1. The zero-order chi connectivity index (χ0) is 13.9. The fourth-order valence-corrected chi connectivity index (χ4v) is 2.57. The summed E-state index contributed by atoms with van der Waals surface area (Å²) in [6, 6.07) is 0.191. The number of nitrogens with one attached hydrogen (secondary N) is 1. The lowest BCUT2D eigenvalue weighted by Gasteiger charge is -2.20. The van der Waals surface area contributed by atoms with Crippen LogP contribution in [0, 0.1) is 0 Å². The van der Waals surface area contributed by atoms with Gasteiger partial charge < -0.3 is 15.2 Å². The maximum absolute atomic E-state index is 9.02. The molecular formula is C13H19N5O2. The second kappa shape index (κ2) is 5.72. The molecule has 0 aromatic carbocycles. The van der Waals surface area contributed by atoms with Crippen LogP contribution in [0.2, 0.25) is 0 Å². The summed E-state index contributed by atoms with van der Waals surface area (Å²) in [5, 5.41) is 17.5. The van der Waals surface area contributed by atoms with E-state index in [4.69, 9.17) is 9.84 Å². The van der Waals surface area contributed by atoms with Gasteiger partial charge in [-0.05, 0) is 19.8 Å². The molecule has 3 rings (SSSR count). The van der Waals surface area contributed by atoms with Gasteiger partial charge in [0, 0.05) is 6.61 Å². The van der Waals surface area contributed by atoms with Crippen LogP contribution in [0.4, 0.5) is 5.82 Å². The number of anilines is 1. The van der Waals surface area contributed by atoms with Crippen molar-refractivity contribution in [3.63, 3.8) is 0 Å². The lowest BCUT2D eigenvalue weighted by molar-refractivity contribution is 0.0996. The standard InChI is InChI=1S/C13H19N5O2/c1-9(11-3-2-6-20-11)17-12-10-7-16-18(4-5-19)13(10)15-8-14-12/h7-9,11,19H,2-6H2,1H3,(H,14,15,17)/t9-,11+/m1/s1. The molecule has 0 amide bonds. The second-order valence-corrected chi connectivity index (χ2v) is 5.04. The first-order valence-corrected chi connectivity index (χ1v) is 6.95. The minimum Gasteiger partial charge on any atom is -0.394 e. The van der Waals surface area contributed by atoms with Crippen molar-refractivity contribution in [2.45, 2.75) is 38.5 Å². The first kappa shape index (κ1) is 13.3. The average Bonchev–Trinajstić information content (AvgIpc) is 3.09.